The minimum atomic E-state index is -0.0702. The van der Waals surface area contributed by atoms with Crippen molar-refractivity contribution in [2.24, 2.45) is 11.8 Å². The highest BCUT2D eigenvalue weighted by atomic mass is 16.7. The summed E-state index contributed by atoms with van der Waals surface area (Å²) in [6.07, 6.45) is 15.9. The fraction of sp³-hybridized carbons (Fsp3) is 0.762. The van der Waals surface area contributed by atoms with Crippen LogP contribution in [0.5, 0.6) is 0 Å². The van der Waals surface area contributed by atoms with Crippen LogP contribution >= 0.6 is 0 Å². The molecule has 1 saturated heterocycles. The zero-order valence-electron chi connectivity index (χ0n) is 15.0. The van der Waals surface area contributed by atoms with Gasteiger partial charge < -0.3 is 14.3 Å². The first kappa shape index (κ1) is 19.2. The van der Waals surface area contributed by atoms with Crippen LogP contribution in [-0.2, 0) is 14.3 Å². The Hall–Kier alpha value is -1.11. The lowest BCUT2D eigenvalue weighted by molar-refractivity contribution is -0.177. The van der Waals surface area contributed by atoms with Crippen LogP contribution in [-0.4, -0.2) is 25.3 Å². The Morgan fingerprint density at radius 1 is 1.25 bits per heavy atom. The second kappa shape index (κ2) is 11.4. The van der Waals surface area contributed by atoms with Crippen molar-refractivity contribution in [2.45, 2.75) is 83.5 Å². The van der Waals surface area contributed by atoms with Crippen molar-refractivity contribution in [3.8, 4) is 11.8 Å². The highest BCUT2D eigenvalue weighted by molar-refractivity contribution is 5.50. The summed E-state index contributed by atoms with van der Waals surface area (Å²) in [5.74, 6) is 7.73. The van der Waals surface area contributed by atoms with Gasteiger partial charge in [-0.2, -0.15) is 0 Å². The molecule has 2 aliphatic rings. The lowest BCUT2D eigenvalue weighted by atomic mass is 10.1. The Morgan fingerprint density at radius 2 is 2.12 bits per heavy atom. The van der Waals surface area contributed by atoms with Crippen molar-refractivity contribution in [2.75, 3.05) is 6.61 Å². The molecule has 0 aromatic heterocycles. The van der Waals surface area contributed by atoms with E-state index >= 15 is 0 Å². The maximum absolute atomic E-state index is 10.5. The van der Waals surface area contributed by atoms with Crippen molar-refractivity contribution in [3.05, 3.63) is 12.2 Å². The second-order valence-corrected chi connectivity index (χ2v) is 7.00. The molecule has 2 fully saturated rings. The van der Waals surface area contributed by atoms with Gasteiger partial charge in [-0.15, -0.1) is 0 Å². The molecule has 24 heavy (non-hydrogen) atoms. The molecule has 0 spiro atoms. The van der Waals surface area contributed by atoms with Crippen LogP contribution < -0.4 is 0 Å². The van der Waals surface area contributed by atoms with Gasteiger partial charge in [-0.1, -0.05) is 37.7 Å². The van der Waals surface area contributed by atoms with Crippen LogP contribution in [0.25, 0.3) is 0 Å². The fourth-order valence-electron chi connectivity index (χ4n) is 3.21. The van der Waals surface area contributed by atoms with Crippen molar-refractivity contribution < 1.29 is 14.3 Å². The van der Waals surface area contributed by atoms with Gasteiger partial charge in [0.1, 0.15) is 12.4 Å². The predicted octanol–water partition coefficient (Wildman–Crippen LogP) is 4.65. The molecule has 1 saturated carbocycles. The molecule has 2 rings (SSSR count). The lowest BCUT2D eigenvalue weighted by Gasteiger charge is -2.25. The lowest BCUT2D eigenvalue weighted by Crippen LogP contribution is -2.27. The molecule has 0 aromatic carbocycles. The summed E-state index contributed by atoms with van der Waals surface area (Å²) in [6, 6.07) is 0. The van der Waals surface area contributed by atoms with Crippen LogP contribution in [0.2, 0.25) is 0 Å². The van der Waals surface area contributed by atoms with Crippen LogP contribution in [0.4, 0.5) is 0 Å². The van der Waals surface area contributed by atoms with Gasteiger partial charge in [-0.05, 0) is 62.9 Å². The molecule has 1 heterocycles. The number of hydrogen-bond donors (Lipinski definition) is 0. The average molecular weight is 332 g/mol. The summed E-state index contributed by atoms with van der Waals surface area (Å²) in [6.45, 7) is 3.02. The van der Waals surface area contributed by atoms with E-state index in [-0.39, 0.29) is 12.4 Å². The summed E-state index contributed by atoms with van der Waals surface area (Å²) >= 11 is 0. The third kappa shape index (κ3) is 7.64. The summed E-state index contributed by atoms with van der Waals surface area (Å²) < 4.78 is 11.7. The van der Waals surface area contributed by atoms with E-state index in [2.05, 4.69) is 24.8 Å². The minimum absolute atomic E-state index is 0.0203. The van der Waals surface area contributed by atoms with Crippen LogP contribution in [0.3, 0.4) is 0 Å². The third-order valence-electron chi connectivity index (χ3n) is 4.88. The topological polar surface area (TPSA) is 35.5 Å². The van der Waals surface area contributed by atoms with E-state index in [0.717, 1.165) is 51.4 Å². The Labute approximate surface area is 147 Å². The van der Waals surface area contributed by atoms with E-state index in [0.29, 0.717) is 11.8 Å². The molecule has 134 valence electrons. The molecule has 2 unspecified atom stereocenters. The van der Waals surface area contributed by atoms with E-state index in [9.17, 15) is 4.79 Å². The number of unbranched alkanes of at least 4 members (excludes halogenated alkanes) is 2. The Kier molecular flexibility index (Phi) is 9.16. The Balaban J connectivity index is 1.73. The fourth-order valence-corrected chi connectivity index (χ4v) is 3.21. The zero-order chi connectivity index (χ0) is 17.0. The first-order valence-corrected chi connectivity index (χ1v) is 9.70. The maximum atomic E-state index is 10.5. The maximum Gasteiger partial charge on any atom is 0.159 e. The van der Waals surface area contributed by atoms with E-state index in [1.807, 2.05) is 6.08 Å². The van der Waals surface area contributed by atoms with Crippen molar-refractivity contribution >= 4 is 6.29 Å². The average Bonchev–Trinajstić information content (AvgIpc) is 3.34. The molecular weight excluding hydrogens is 300 g/mol. The van der Waals surface area contributed by atoms with Crippen molar-refractivity contribution in [3.63, 3.8) is 0 Å². The molecule has 1 aliphatic carbocycles. The molecule has 0 bridgehead atoms. The molecule has 0 N–H and O–H groups in total. The third-order valence-corrected chi connectivity index (χ3v) is 4.88. The number of carbonyl (C=O) groups is 1. The molecule has 0 radical (unpaired) electrons. The van der Waals surface area contributed by atoms with E-state index in [1.165, 1.54) is 25.7 Å². The van der Waals surface area contributed by atoms with Crippen LogP contribution in [0.1, 0.15) is 71.1 Å². The number of carbonyl (C=O) groups excluding carboxylic acids is 1. The smallest absolute Gasteiger partial charge is 0.159 e. The van der Waals surface area contributed by atoms with Crippen LogP contribution in [0.15, 0.2) is 12.2 Å². The van der Waals surface area contributed by atoms with Gasteiger partial charge in [0.25, 0.3) is 0 Å². The minimum Gasteiger partial charge on any atom is -0.353 e. The molecule has 3 heteroatoms. The summed E-state index contributed by atoms with van der Waals surface area (Å²) in [4.78, 5) is 10.5. The molecule has 0 amide bonds. The van der Waals surface area contributed by atoms with Gasteiger partial charge >= 0.3 is 0 Å². The summed E-state index contributed by atoms with van der Waals surface area (Å²) in [7, 11) is 0. The van der Waals surface area contributed by atoms with Crippen LogP contribution in [0, 0.1) is 23.7 Å². The number of rotatable bonds is 10. The normalized spacial score (nSPS) is 27.5. The molecule has 1 aliphatic heterocycles. The first-order valence-electron chi connectivity index (χ1n) is 9.70. The summed E-state index contributed by atoms with van der Waals surface area (Å²) in [5, 5.41) is 0. The van der Waals surface area contributed by atoms with Gasteiger partial charge in [0, 0.05) is 13.0 Å². The predicted molar refractivity (Wildman–Crippen MR) is 96.4 cm³/mol. The Bertz CT molecular complexity index is 440. The standard InChI is InChI=1S/C21H32O3/c1-2-3-5-11-20(24-21-13-8-9-16-23-21)12-7-4-6-10-18-17-19(18)14-15-22/h4,6,15,18-21H,2-3,5,8-11,13-14,16-17H2,1H3/b6-4-/t18-,19+,20?,21?/m0/s1. The van der Waals surface area contributed by atoms with Gasteiger partial charge in [0.2, 0.25) is 0 Å². The first-order chi connectivity index (χ1) is 11.8. The van der Waals surface area contributed by atoms with Gasteiger partial charge in [-0.25, -0.2) is 0 Å². The molecule has 0 aromatic rings. The number of ether oxygens (including phenoxy) is 2. The molecule has 3 nitrogen and oxygen atoms in total. The molecular formula is C21H32O3. The second-order valence-electron chi connectivity index (χ2n) is 7.00. The van der Waals surface area contributed by atoms with E-state index < -0.39 is 0 Å². The van der Waals surface area contributed by atoms with Crippen molar-refractivity contribution in [1.29, 1.82) is 0 Å². The van der Waals surface area contributed by atoms with Gasteiger partial charge in [0.05, 0.1) is 0 Å². The van der Waals surface area contributed by atoms with Crippen molar-refractivity contribution in [1.82, 2.24) is 0 Å². The Morgan fingerprint density at radius 3 is 2.88 bits per heavy atom. The van der Waals surface area contributed by atoms with E-state index in [1.54, 1.807) is 0 Å². The molecule has 4 atom stereocenters. The summed E-state index contributed by atoms with van der Waals surface area (Å²) in [5.41, 5.74) is 0. The highest BCUT2D eigenvalue weighted by Gasteiger charge is 2.34. The van der Waals surface area contributed by atoms with E-state index in [4.69, 9.17) is 9.47 Å². The monoisotopic (exact) mass is 332 g/mol. The van der Waals surface area contributed by atoms with Gasteiger partial charge in [-0.3, -0.25) is 0 Å². The van der Waals surface area contributed by atoms with Gasteiger partial charge in [0.15, 0.2) is 6.29 Å². The largest absolute Gasteiger partial charge is 0.353 e. The SMILES string of the molecule is CCCCCC(C#C/C=C\C[C@H]1C[C@H]1CC=O)OC1CCCCO1. The zero-order valence-corrected chi connectivity index (χ0v) is 15.0. The number of allylic oxidation sites excluding steroid dienone is 2. The highest BCUT2D eigenvalue weighted by Crippen LogP contribution is 2.43. The number of aldehydes is 1. The number of hydrogen-bond acceptors (Lipinski definition) is 3. The quantitative estimate of drug-likeness (QED) is 0.332.